The first-order valence-electron chi connectivity index (χ1n) is 6.71. The molecule has 3 rings (SSSR count). The third-order valence-corrected chi connectivity index (χ3v) is 4.05. The van der Waals surface area contributed by atoms with Gasteiger partial charge in [-0.15, -0.1) is 0 Å². The van der Waals surface area contributed by atoms with Crippen molar-refractivity contribution in [3.05, 3.63) is 47.5 Å². The minimum atomic E-state index is 0.816. The fourth-order valence-corrected chi connectivity index (χ4v) is 2.85. The first-order chi connectivity index (χ1) is 9.67. The predicted molar refractivity (Wildman–Crippen MR) is 84.0 cm³/mol. The lowest BCUT2D eigenvalue weighted by Gasteiger charge is -2.17. The number of rotatable bonds is 2. The average molecular weight is 266 g/mol. The van der Waals surface area contributed by atoms with Crippen LogP contribution in [0.1, 0.15) is 11.1 Å². The van der Waals surface area contributed by atoms with Gasteiger partial charge in [0.2, 0.25) is 0 Å². The third kappa shape index (κ3) is 1.72. The van der Waals surface area contributed by atoms with Crippen LogP contribution in [0.25, 0.3) is 21.5 Å². The zero-order valence-electron chi connectivity index (χ0n) is 12.3. The minimum Gasteiger partial charge on any atom is -0.493 e. The molecule has 0 aliphatic carbocycles. The summed E-state index contributed by atoms with van der Waals surface area (Å²) in [6, 6.07) is 12.8. The lowest BCUT2D eigenvalue weighted by Crippen LogP contribution is -1.97. The molecule has 0 aliphatic heterocycles. The SMILES string of the molecule is COc1c(C)c(C)c2cc3ccccc3cc2c1OC. The van der Waals surface area contributed by atoms with Gasteiger partial charge >= 0.3 is 0 Å². The summed E-state index contributed by atoms with van der Waals surface area (Å²) in [4.78, 5) is 0. The number of aryl methyl sites for hydroxylation is 1. The summed E-state index contributed by atoms with van der Waals surface area (Å²) < 4.78 is 11.2. The van der Waals surface area contributed by atoms with Crippen molar-refractivity contribution in [3.8, 4) is 11.5 Å². The second kappa shape index (κ2) is 4.71. The zero-order valence-corrected chi connectivity index (χ0v) is 12.3. The summed E-state index contributed by atoms with van der Waals surface area (Å²) in [5, 5.41) is 4.78. The molecule has 0 N–H and O–H groups in total. The Bertz CT molecular complexity index is 803. The molecule has 0 radical (unpaired) electrons. The molecule has 3 aromatic carbocycles. The standard InChI is InChI=1S/C18H18O2/c1-11-12(2)17(19-3)18(20-4)16-10-14-8-6-5-7-13(14)9-15(11)16/h5-10H,1-4H3. The van der Waals surface area contributed by atoms with Crippen LogP contribution in [0, 0.1) is 13.8 Å². The lowest BCUT2D eigenvalue weighted by atomic mass is 9.95. The van der Waals surface area contributed by atoms with Crippen molar-refractivity contribution in [1.29, 1.82) is 0 Å². The smallest absolute Gasteiger partial charge is 0.168 e. The van der Waals surface area contributed by atoms with Crippen molar-refractivity contribution in [3.63, 3.8) is 0 Å². The fourth-order valence-electron chi connectivity index (χ4n) is 2.85. The molecule has 0 saturated heterocycles. The van der Waals surface area contributed by atoms with Gasteiger partial charge < -0.3 is 9.47 Å². The molecule has 0 unspecified atom stereocenters. The molecular weight excluding hydrogens is 248 g/mol. The van der Waals surface area contributed by atoms with E-state index in [1.54, 1.807) is 14.2 Å². The molecule has 0 atom stereocenters. The van der Waals surface area contributed by atoms with Crippen LogP contribution in [0.2, 0.25) is 0 Å². The predicted octanol–water partition coefficient (Wildman–Crippen LogP) is 4.63. The van der Waals surface area contributed by atoms with E-state index in [0.29, 0.717) is 0 Å². The molecule has 2 nitrogen and oxygen atoms in total. The maximum atomic E-state index is 5.61. The Morgan fingerprint density at radius 1 is 0.700 bits per heavy atom. The van der Waals surface area contributed by atoms with Crippen molar-refractivity contribution in [2.24, 2.45) is 0 Å². The van der Waals surface area contributed by atoms with Gasteiger partial charge in [0, 0.05) is 5.39 Å². The largest absolute Gasteiger partial charge is 0.493 e. The van der Waals surface area contributed by atoms with E-state index < -0.39 is 0 Å². The first kappa shape index (κ1) is 12.8. The van der Waals surface area contributed by atoms with Gasteiger partial charge in [-0.3, -0.25) is 0 Å². The Hall–Kier alpha value is -2.22. The quantitative estimate of drug-likeness (QED) is 0.630. The first-order valence-corrected chi connectivity index (χ1v) is 6.71. The Morgan fingerprint density at radius 3 is 1.80 bits per heavy atom. The van der Waals surface area contributed by atoms with Crippen LogP contribution in [0.3, 0.4) is 0 Å². The molecule has 0 heterocycles. The molecule has 0 aliphatic rings. The van der Waals surface area contributed by atoms with Crippen LogP contribution in [0.5, 0.6) is 11.5 Å². The normalized spacial score (nSPS) is 11.0. The average Bonchev–Trinajstić information content (AvgIpc) is 2.49. The van der Waals surface area contributed by atoms with Crippen LogP contribution in [0.4, 0.5) is 0 Å². The van der Waals surface area contributed by atoms with Crippen molar-refractivity contribution < 1.29 is 9.47 Å². The molecule has 0 fully saturated rings. The van der Waals surface area contributed by atoms with Gasteiger partial charge in [0.1, 0.15) is 0 Å². The number of ether oxygens (including phenoxy) is 2. The second-order valence-corrected chi connectivity index (χ2v) is 5.06. The van der Waals surface area contributed by atoms with Crippen molar-refractivity contribution in [2.75, 3.05) is 14.2 Å². The van der Waals surface area contributed by atoms with E-state index in [-0.39, 0.29) is 0 Å². The van der Waals surface area contributed by atoms with E-state index in [9.17, 15) is 0 Å². The molecule has 0 saturated carbocycles. The summed E-state index contributed by atoms with van der Waals surface area (Å²) >= 11 is 0. The molecule has 3 aromatic rings. The van der Waals surface area contributed by atoms with E-state index in [2.05, 4.69) is 50.2 Å². The summed E-state index contributed by atoms with van der Waals surface area (Å²) in [7, 11) is 3.39. The van der Waals surface area contributed by atoms with E-state index in [4.69, 9.17) is 9.47 Å². The molecular formula is C18H18O2. The molecule has 0 spiro atoms. The summed E-state index contributed by atoms with van der Waals surface area (Å²) in [6.07, 6.45) is 0. The molecule has 2 heteroatoms. The van der Waals surface area contributed by atoms with E-state index in [1.165, 1.54) is 21.7 Å². The van der Waals surface area contributed by atoms with Crippen molar-refractivity contribution in [1.82, 2.24) is 0 Å². The molecule has 102 valence electrons. The zero-order chi connectivity index (χ0) is 14.3. The summed E-state index contributed by atoms with van der Waals surface area (Å²) in [5.74, 6) is 1.64. The highest BCUT2D eigenvalue weighted by atomic mass is 16.5. The van der Waals surface area contributed by atoms with Crippen LogP contribution >= 0.6 is 0 Å². The third-order valence-electron chi connectivity index (χ3n) is 4.05. The number of benzene rings is 3. The summed E-state index contributed by atoms with van der Waals surface area (Å²) in [5.41, 5.74) is 2.37. The highest BCUT2D eigenvalue weighted by Crippen LogP contribution is 2.42. The number of methoxy groups -OCH3 is 2. The monoisotopic (exact) mass is 266 g/mol. The number of fused-ring (bicyclic) bond motifs is 2. The van der Waals surface area contributed by atoms with E-state index >= 15 is 0 Å². The van der Waals surface area contributed by atoms with Crippen LogP contribution in [-0.4, -0.2) is 14.2 Å². The van der Waals surface area contributed by atoms with Gasteiger partial charge in [-0.05, 0) is 53.3 Å². The van der Waals surface area contributed by atoms with Crippen molar-refractivity contribution >= 4 is 21.5 Å². The Kier molecular flexibility index (Phi) is 3.01. The maximum absolute atomic E-state index is 5.61. The van der Waals surface area contributed by atoms with Crippen LogP contribution < -0.4 is 9.47 Å². The van der Waals surface area contributed by atoms with Gasteiger partial charge in [-0.1, -0.05) is 24.3 Å². The van der Waals surface area contributed by atoms with Gasteiger partial charge in [-0.25, -0.2) is 0 Å². The minimum absolute atomic E-state index is 0.816. The number of hydrogen-bond acceptors (Lipinski definition) is 2. The topological polar surface area (TPSA) is 18.5 Å². The highest BCUT2D eigenvalue weighted by Gasteiger charge is 2.16. The Balaban J connectivity index is 2.53. The lowest BCUT2D eigenvalue weighted by molar-refractivity contribution is 0.356. The van der Waals surface area contributed by atoms with E-state index in [0.717, 1.165) is 22.4 Å². The second-order valence-electron chi connectivity index (χ2n) is 5.06. The fraction of sp³-hybridized carbons (Fsp3) is 0.222. The van der Waals surface area contributed by atoms with Gasteiger partial charge in [0.05, 0.1) is 14.2 Å². The highest BCUT2D eigenvalue weighted by molar-refractivity contribution is 6.04. The molecule has 0 bridgehead atoms. The van der Waals surface area contributed by atoms with Crippen LogP contribution in [-0.2, 0) is 0 Å². The van der Waals surface area contributed by atoms with Gasteiger partial charge in [0.25, 0.3) is 0 Å². The number of hydrogen-bond donors (Lipinski definition) is 0. The maximum Gasteiger partial charge on any atom is 0.168 e. The van der Waals surface area contributed by atoms with Gasteiger partial charge in [0.15, 0.2) is 11.5 Å². The van der Waals surface area contributed by atoms with Crippen LogP contribution in [0.15, 0.2) is 36.4 Å². The Morgan fingerprint density at radius 2 is 1.25 bits per heavy atom. The molecule has 0 amide bonds. The van der Waals surface area contributed by atoms with Crippen molar-refractivity contribution in [2.45, 2.75) is 13.8 Å². The molecule has 20 heavy (non-hydrogen) atoms. The summed E-state index contributed by atoms with van der Waals surface area (Å²) in [6.45, 7) is 4.21. The van der Waals surface area contributed by atoms with E-state index in [1.807, 2.05) is 0 Å². The Labute approximate surface area is 118 Å². The molecule has 0 aromatic heterocycles. The van der Waals surface area contributed by atoms with Gasteiger partial charge in [-0.2, -0.15) is 0 Å².